The molecule has 2 rings (SSSR count). The van der Waals surface area contributed by atoms with Crippen LogP contribution in [0.15, 0.2) is 11.8 Å². The first kappa shape index (κ1) is 7.50. The fourth-order valence-electron chi connectivity index (χ4n) is 1.70. The van der Waals surface area contributed by atoms with Gasteiger partial charge in [-0.2, -0.15) is 0 Å². The summed E-state index contributed by atoms with van der Waals surface area (Å²) in [7, 11) is 0. The molecule has 3 atom stereocenters. The molecule has 3 N–H and O–H groups in total. The molecule has 11 heavy (non-hydrogen) atoms. The Labute approximate surface area is 71.6 Å². The predicted molar refractivity (Wildman–Crippen MR) is 49.3 cm³/mol. The molecule has 1 saturated heterocycles. The van der Waals surface area contributed by atoms with Crippen molar-refractivity contribution in [1.29, 1.82) is 0 Å². The van der Waals surface area contributed by atoms with Gasteiger partial charge in [-0.25, -0.2) is 0 Å². The summed E-state index contributed by atoms with van der Waals surface area (Å²) in [6.45, 7) is 2.20. The van der Waals surface area contributed by atoms with Crippen LogP contribution in [0, 0.1) is 0 Å². The van der Waals surface area contributed by atoms with Gasteiger partial charge in [0.1, 0.15) is 0 Å². The number of hydrogen-bond acceptors (Lipinski definition) is 3. The van der Waals surface area contributed by atoms with E-state index in [1.165, 1.54) is 5.70 Å². The molecule has 62 valence electrons. The maximum absolute atomic E-state index is 5.85. The SMILES string of the molecule is CC1NC2=CCC(N)CC2S1. The number of fused-ring (bicyclic) bond motifs is 1. The molecule has 0 aromatic carbocycles. The summed E-state index contributed by atoms with van der Waals surface area (Å²) in [5.41, 5.74) is 7.27. The maximum atomic E-state index is 5.85. The molecule has 0 bridgehead atoms. The van der Waals surface area contributed by atoms with Gasteiger partial charge in [0, 0.05) is 17.0 Å². The lowest BCUT2D eigenvalue weighted by Crippen LogP contribution is -2.29. The van der Waals surface area contributed by atoms with Crippen molar-refractivity contribution in [2.45, 2.75) is 36.4 Å². The first-order valence-corrected chi connectivity index (χ1v) is 5.07. The Morgan fingerprint density at radius 3 is 3.36 bits per heavy atom. The summed E-state index contributed by atoms with van der Waals surface area (Å²) in [5, 5.41) is 4.69. The average Bonchev–Trinajstić information content (AvgIpc) is 2.27. The van der Waals surface area contributed by atoms with Gasteiger partial charge in [-0.1, -0.05) is 6.08 Å². The van der Waals surface area contributed by atoms with E-state index in [0.717, 1.165) is 12.8 Å². The number of nitrogens with two attached hydrogens (primary N) is 1. The second-order valence-corrected chi connectivity index (χ2v) is 4.85. The molecule has 0 aromatic rings. The van der Waals surface area contributed by atoms with Crippen LogP contribution in [0.1, 0.15) is 19.8 Å². The van der Waals surface area contributed by atoms with Crippen molar-refractivity contribution in [3.05, 3.63) is 11.8 Å². The van der Waals surface area contributed by atoms with Gasteiger partial charge in [0.25, 0.3) is 0 Å². The summed E-state index contributed by atoms with van der Waals surface area (Å²) >= 11 is 1.99. The lowest BCUT2D eigenvalue weighted by molar-refractivity contribution is 0.586. The van der Waals surface area contributed by atoms with Gasteiger partial charge >= 0.3 is 0 Å². The van der Waals surface area contributed by atoms with E-state index < -0.39 is 0 Å². The molecule has 1 fully saturated rings. The quantitative estimate of drug-likeness (QED) is 0.570. The fraction of sp³-hybridized carbons (Fsp3) is 0.750. The molecule has 3 heteroatoms. The molecule has 0 radical (unpaired) electrons. The lowest BCUT2D eigenvalue weighted by atomic mass is 10.00. The minimum absolute atomic E-state index is 0.392. The van der Waals surface area contributed by atoms with Gasteiger partial charge in [-0.3, -0.25) is 0 Å². The Morgan fingerprint density at radius 2 is 2.55 bits per heavy atom. The van der Waals surface area contributed by atoms with Crippen LogP contribution in [0.25, 0.3) is 0 Å². The minimum Gasteiger partial charge on any atom is -0.376 e. The molecular formula is C8H14N2S. The Hall–Kier alpha value is -0.150. The van der Waals surface area contributed by atoms with E-state index in [2.05, 4.69) is 18.3 Å². The molecule has 2 aliphatic rings. The monoisotopic (exact) mass is 170 g/mol. The maximum Gasteiger partial charge on any atom is 0.0698 e. The summed E-state index contributed by atoms with van der Waals surface area (Å²) in [6.07, 6.45) is 4.45. The summed E-state index contributed by atoms with van der Waals surface area (Å²) < 4.78 is 0. The molecule has 1 aliphatic carbocycles. The highest BCUT2D eigenvalue weighted by Crippen LogP contribution is 2.35. The zero-order valence-electron chi connectivity index (χ0n) is 6.71. The van der Waals surface area contributed by atoms with Crippen LogP contribution in [0.4, 0.5) is 0 Å². The Morgan fingerprint density at radius 1 is 1.73 bits per heavy atom. The number of hydrogen-bond donors (Lipinski definition) is 2. The third-order valence-electron chi connectivity index (χ3n) is 2.24. The van der Waals surface area contributed by atoms with E-state index >= 15 is 0 Å². The van der Waals surface area contributed by atoms with Gasteiger partial charge in [0.2, 0.25) is 0 Å². The van der Waals surface area contributed by atoms with Crippen molar-refractivity contribution in [3.8, 4) is 0 Å². The average molecular weight is 170 g/mol. The van der Waals surface area contributed by atoms with Crippen LogP contribution in [-0.2, 0) is 0 Å². The van der Waals surface area contributed by atoms with Crippen molar-refractivity contribution in [2.75, 3.05) is 0 Å². The molecule has 0 saturated carbocycles. The van der Waals surface area contributed by atoms with Gasteiger partial charge in [0.15, 0.2) is 0 Å². The van der Waals surface area contributed by atoms with Crippen LogP contribution < -0.4 is 11.1 Å². The molecule has 2 nitrogen and oxygen atoms in total. The highest BCUT2D eigenvalue weighted by Gasteiger charge is 2.30. The summed E-state index contributed by atoms with van der Waals surface area (Å²) in [6, 6.07) is 0.392. The largest absolute Gasteiger partial charge is 0.376 e. The van der Waals surface area contributed by atoms with Crippen molar-refractivity contribution >= 4 is 11.8 Å². The third-order valence-corrected chi connectivity index (χ3v) is 3.54. The Kier molecular flexibility index (Phi) is 1.85. The van der Waals surface area contributed by atoms with E-state index in [1.807, 2.05) is 11.8 Å². The smallest absolute Gasteiger partial charge is 0.0698 e. The van der Waals surface area contributed by atoms with Crippen molar-refractivity contribution < 1.29 is 0 Å². The highest BCUT2D eigenvalue weighted by atomic mass is 32.2. The summed E-state index contributed by atoms with van der Waals surface area (Å²) in [5.74, 6) is 0. The molecule has 1 aliphatic heterocycles. The van der Waals surface area contributed by atoms with Crippen molar-refractivity contribution in [3.63, 3.8) is 0 Å². The van der Waals surface area contributed by atoms with Crippen LogP contribution in [0.2, 0.25) is 0 Å². The van der Waals surface area contributed by atoms with Crippen LogP contribution in [0.3, 0.4) is 0 Å². The Balaban J connectivity index is 2.11. The first-order chi connectivity index (χ1) is 5.25. The number of rotatable bonds is 0. The van der Waals surface area contributed by atoms with E-state index in [-0.39, 0.29) is 0 Å². The normalized spacial score (nSPS) is 42.7. The fourth-order valence-corrected chi connectivity index (χ4v) is 3.07. The van der Waals surface area contributed by atoms with Crippen LogP contribution in [0.5, 0.6) is 0 Å². The van der Waals surface area contributed by atoms with E-state index in [9.17, 15) is 0 Å². The molecule has 0 amide bonds. The molecule has 0 aromatic heterocycles. The second-order valence-electron chi connectivity index (χ2n) is 3.30. The third kappa shape index (κ3) is 1.40. The number of thioether (sulfide) groups is 1. The lowest BCUT2D eigenvalue weighted by Gasteiger charge is -2.20. The zero-order chi connectivity index (χ0) is 7.84. The van der Waals surface area contributed by atoms with Crippen LogP contribution in [-0.4, -0.2) is 16.7 Å². The van der Waals surface area contributed by atoms with Gasteiger partial charge < -0.3 is 11.1 Å². The molecule has 0 spiro atoms. The van der Waals surface area contributed by atoms with Crippen molar-refractivity contribution in [2.24, 2.45) is 5.73 Å². The van der Waals surface area contributed by atoms with Gasteiger partial charge in [-0.15, -0.1) is 11.8 Å². The zero-order valence-corrected chi connectivity index (χ0v) is 7.53. The topological polar surface area (TPSA) is 38.0 Å². The summed E-state index contributed by atoms with van der Waals surface area (Å²) in [4.78, 5) is 0. The first-order valence-electron chi connectivity index (χ1n) is 4.13. The van der Waals surface area contributed by atoms with Gasteiger partial charge in [0.05, 0.1) is 5.37 Å². The van der Waals surface area contributed by atoms with Crippen LogP contribution >= 0.6 is 11.8 Å². The standard InChI is InChI=1S/C8H14N2S/c1-5-10-7-3-2-6(9)4-8(7)11-5/h3,5-6,8,10H,2,4,9H2,1H3. The van der Waals surface area contributed by atoms with E-state index in [0.29, 0.717) is 16.7 Å². The molecule has 3 unspecified atom stereocenters. The Bertz CT molecular complexity index is 191. The predicted octanol–water partition coefficient (Wildman–Crippen LogP) is 1.04. The molecular weight excluding hydrogens is 156 g/mol. The minimum atomic E-state index is 0.392. The highest BCUT2D eigenvalue weighted by molar-refractivity contribution is 8.00. The number of nitrogens with one attached hydrogen (secondary N) is 1. The van der Waals surface area contributed by atoms with Crippen molar-refractivity contribution in [1.82, 2.24) is 5.32 Å². The molecule has 1 heterocycles. The second kappa shape index (κ2) is 2.72. The van der Waals surface area contributed by atoms with E-state index in [1.54, 1.807) is 0 Å². The van der Waals surface area contributed by atoms with Gasteiger partial charge in [-0.05, 0) is 19.8 Å². The van der Waals surface area contributed by atoms with E-state index in [4.69, 9.17) is 5.73 Å².